The van der Waals surface area contributed by atoms with Crippen LogP contribution in [-0.2, 0) is 6.42 Å². The summed E-state index contributed by atoms with van der Waals surface area (Å²) in [6.45, 7) is 2.75. The van der Waals surface area contributed by atoms with Crippen molar-refractivity contribution in [3.63, 3.8) is 0 Å². The van der Waals surface area contributed by atoms with E-state index in [1.165, 1.54) is 17.0 Å². The van der Waals surface area contributed by atoms with Gasteiger partial charge in [-0.2, -0.15) is 0 Å². The number of rotatable bonds is 8. The number of aromatic nitrogens is 3. The van der Waals surface area contributed by atoms with Crippen LogP contribution in [0.15, 0.2) is 71.7 Å². The topological polar surface area (TPSA) is 73.1 Å². The standard InChI is InChI=1S/C26H21F3N4O2S/c1-16-13-22-24(32-23(33-25(22)36-16)19-10-12-34-15-19)30-11-2-3-20-7-4-18(14-31-20)17-5-8-21(9-6-17)35-26(27,28)29/h4-10,12-15H,2-3,11H2,1H3,(H,30,32,33). The molecule has 0 saturated carbocycles. The van der Waals surface area contributed by atoms with E-state index in [4.69, 9.17) is 9.40 Å². The second-order valence-corrected chi connectivity index (χ2v) is 9.36. The van der Waals surface area contributed by atoms with E-state index in [1.807, 2.05) is 25.1 Å². The summed E-state index contributed by atoms with van der Waals surface area (Å²) in [4.78, 5) is 16.0. The molecule has 0 saturated heterocycles. The quantitative estimate of drug-likeness (QED) is 0.221. The zero-order valence-electron chi connectivity index (χ0n) is 19.2. The summed E-state index contributed by atoms with van der Waals surface area (Å²) in [5, 5.41) is 4.44. The van der Waals surface area contributed by atoms with E-state index in [2.05, 4.69) is 26.1 Å². The summed E-state index contributed by atoms with van der Waals surface area (Å²) >= 11 is 1.63. The minimum atomic E-state index is -4.70. The van der Waals surface area contributed by atoms with Crippen LogP contribution < -0.4 is 10.1 Å². The number of anilines is 1. The molecule has 1 N–H and O–H groups in total. The van der Waals surface area contributed by atoms with Crippen molar-refractivity contribution >= 4 is 27.4 Å². The fourth-order valence-electron chi connectivity index (χ4n) is 3.77. The predicted molar refractivity (Wildman–Crippen MR) is 133 cm³/mol. The monoisotopic (exact) mass is 510 g/mol. The molecule has 0 spiro atoms. The highest BCUT2D eigenvalue weighted by molar-refractivity contribution is 7.18. The first-order valence-electron chi connectivity index (χ1n) is 11.2. The molecule has 0 amide bonds. The summed E-state index contributed by atoms with van der Waals surface area (Å²) in [7, 11) is 0. The highest BCUT2D eigenvalue weighted by Crippen LogP contribution is 2.31. The Labute approximate surface area is 208 Å². The summed E-state index contributed by atoms with van der Waals surface area (Å²) < 4.78 is 46.1. The van der Waals surface area contributed by atoms with E-state index in [1.54, 1.807) is 42.2 Å². The van der Waals surface area contributed by atoms with E-state index < -0.39 is 6.36 Å². The van der Waals surface area contributed by atoms with Gasteiger partial charge >= 0.3 is 6.36 Å². The predicted octanol–water partition coefficient (Wildman–Crippen LogP) is 7.27. The molecule has 10 heteroatoms. The molecule has 0 unspecified atom stereocenters. The van der Waals surface area contributed by atoms with Crippen molar-refractivity contribution in [1.29, 1.82) is 0 Å². The Balaban J connectivity index is 1.20. The Morgan fingerprint density at radius 3 is 2.50 bits per heavy atom. The molecule has 6 nitrogen and oxygen atoms in total. The Bertz CT molecular complexity index is 1450. The summed E-state index contributed by atoms with van der Waals surface area (Å²) in [5.74, 6) is 1.16. The van der Waals surface area contributed by atoms with Crippen molar-refractivity contribution in [1.82, 2.24) is 15.0 Å². The molecule has 0 radical (unpaired) electrons. The molecule has 0 aliphatic carbocycles. The molecule has 0 aliphatic rings. The molecular formula is C26H21F3N4O2S. The van der Waals surface area contributed by atoms with E-state index >= 15 is 0 Å². The van der Waals surface area contributed by atoms with Gasteiger partial charge < -0.3 is 14.5 Å². The Kier molecular flexibility index (Phi) is 6.60. The number of pyridine rings is 1. The van der Waals surface area contributed by atoms with E-state index in [0.29, 0.717) is 12.4 Å². The molecule has 0 aliphatic heterocycles. The highest BCUT2D eigenvalue weighted by atomic mass is 32.1. The Hall–Kier alpha value is -3.92. The number of furan rings is 1. The number of hydrogen-bond acceptors (Lipinski definition) is 7. The van der Waals surface area contributed by atoms with Gasteiger partial charge in [0.25, 0.3) is 0 Å². The number of halogens is 3. The Morgan fingerprint density at radius 1 is 1.00 bits per heavy atom. The first kappa shape index (κ1) is 23.8. The van der Waals surface area contributed by atoms with Crippen LogP contribution in [0.2, 0.25) is 0 Å². The normalized spacial score (nSPS) is 11.7. The van der Waals surface area contributed by atoms with Crippen LogP contribution in [0.1, 0.15) is 17.0 Å². The number of alkyl halides is 3. The van der Waals surface area contributed by atoms with Crippen molar-refractivity contribution in [2.45, 2.75) is 26.1 Å². The Morgan fingerprint density at radius 2 is 1.81 bits per heavy atom. The number of aryl methyl sites for hydroxylation is 2. The zero-order valence-corrected chi connectivity index (χ0v) is 20.0. The molecule has 184 valence electrons. The maximum atomic E-state index is 12.3. The molecule has 5 aromatic rings. The smallest absolute Gasteiger partial charge is 0.472 e. The minimum absolute atomic E-state index is 0.251. The van der Waals surface area contributed by atoms with E-state index in [-0.39, 0.29) is 5.75 Å². The van der Waals surface area contributed by atoms with Gasteiger partial charge in [0.2, 0.25) is 0 Å². The summed E-state index contributed by atoms with van der Waals surface area (Å²) in [6, 6.07) is 13.5. The lowest BCUT2D eigenvalue weighted by Crippen LogP contribution is -2.16. The van der Waals surface area contributed by atoms with Crippen LogP contribution in [-0.4, -0.2) is 27.9 Å². The SMILES string of the molecule is Cc1cc2c(NCCCc3ccc(-c4ccc(OC(F)(F)F)cc4)cn3)nc(-c3ccoc3)nc2s1. The van der Waals surface area contributed by atoms with Gasteiger partial charge in [0.05, 0.1) is 17.2 Å². The summed E-state index contributed by atoms with van der Waals surface area (Å²) in [5.41, 5.74) is 3.34. The lowest BCUT2D eigenvalue weighted by Gasteiger charge is -2.10. The number of thiophene rings is 1. The fourth-order valence-corrected chi connectivity index (χ4v) is 4.65. The second-order valence-electron chi connectivity index (χ2n) is 8.12. The zero-order chi connectivity index (χ0) is 25.1. The first-order chi connectivity index (χ1) is 17.3. The largest absolute Gasteiger partial charge is 0.573 e. The number of nitrogens with zero attached hydrogens (tertiary/aromatic N) is 3. The molecular weight excluding hydrogens is 489 g/mol. The molecule has 36 heavy (non-hydrogen) atoms. The van der Waals surface area contributed by atoms with Gasteiger partial charge in [0.1, 0.15) is 22.7 Å². The van der Waals surface area contributed by atoms with Gasteiger partial charge in [0, 0.05) is 28.9 Å². The average molecular weight is 511 g/mol. The van der Waals surface area contributed by atoms with Gasteiger partial charge in [0.15, 0.2) is 5.82 Å². The van der Waals surface area contributed by atoms with E-state index in [9.17, 15) is 13.2 Å². The first-order valence-corrected chi connectivity index (χ1v) is 12.0. The van der Waals surface area contributed by atoms with Gasteiger partial charge in [-0.25, -0.2) is 9.97 Å². The lowest BCUT2D eigenvalue weighted by molar-refractivity contribution is -0.274. The van der Waals surface area contributed by atoms with Gasteiger partial charge in [-0.05, 0) is 55.7 Å². The van der Waals surface area contributed by atoms with Crippen molar-refractivity contribution in [2.24, 2.45) is 0 Å². The lowest BCUT2D eigenvalue weighted by atomic mass is 10.1. The highest BCUT2D eigenvalue weighted by Gasteiger charge is 2.30. The van der Waals surface area contributed by atoms with Gasteiger partial charge in [-0.15, -0.1) is 24.5 Å². The van der Waals surface area contributed by atoms with Crippen molar-refractivity contribution in [2.75, 3.05) is 11.9 Å². The average Bonchev–Trinajstić information content (AvgIpc) is 3.51. The van der Waals surface area contributed by atoms with Crippen LogP contribution in [0.3, 0.4) is 0 Å². The van der Waals surface area contributed by atoms with Gasteiger partial charge in [-0.3, -0.25) is 4.98 Å². The number of nitrogens with one attached hydrogen (secondary N) is 1. The molecule has 4 aromatic heterocycles. The maximum Gasteiger partial charge on any atom is 0.573 e. The molecule has 4 heterocycles. The number of hydrogen-bond donors (Lipinski definition) is 1. The van der Waals surface area contributed by atoms with Crippen LogP contribution >= 0.6 is 11.3 Å². The minimum Gasteiger partial charge on any atom is -0.472 e. The van der Waals surface area contributed by atoms with Crippen LogP contribution in [0.5, 0.6) is 5.75 Å². The molecule has 0 fully saturated rings. The third-order valence-electron chi connectivity index (χ3n) is 5.44. The number of benzene rings is 1. The van der Waals surface area contributed by atoms with Gasteiger partial charge in [-0.1, -0.05) is 18.2 Å². The third kappa shape index (κ3) is 5.65. The van der Waals surface area contributed by atoms with Crippen molar-refractivity contribution in [3.05, 3.63) is 77.8 Å². The van der Waals surface area contributed by atoms with Crippen LogP contribution in [0.4, 0.5) is 19.0 Å². The van der Waals surface area contributed by atoms with Crippen molar-refractivity contribution in [3.8, 4) is 28.3 Å². The summed E-state index contributed by atoms with van der Waals surface area (Å²) in [6.07, 6.45) is 1.85. The molecule has 1 aromatic carbocycles. The second kappa shape index (κ2) is 9.98. The third-order valence-corrected chi connectivity index (χ3v) is 6.39. The molecule has 0 atom stereocenters. The van der Waals surface area contributed by atoms with E-state index in [0.717, 1.165) is 51.3 Å². The fraction of sp³-hybridized carbons (Fsp3) is 0.192. The molecule has 5 rings (SSSR count). The van der Waals surface area contributed by atoms with Crippen LogP contribution in [0, 0.1) is 6.92 Å². The number of ether oxygens (including phenoxy) is 1. The number of fused-ring (bicyclic) bond motifs is 1. The van der Waals surface area contributed by atoms with Crippen LogP contribution in [0.25, 0.3) is 32.7 Å². The van der Waals surface area contributed by atoms with Crippen molar-refractivity contribution < 1.29 is 22.3 Å². The maximum absolute atomic E-state index is 12.3. The molecule has 0 bridgehead atoms.